The van der Waals surface area contributed by atoms with Crippen molar-refractivity contribution >= 4 is 40.7 Å². The second-order valence-corrected chi connectivity index (χ2v) is 4.92. The van der Waals surface area contributed by atoms with Gasteiger partial charge in [-0.3, -0.25) is 0 Å². The van der Waals surface area contributed by atoms with E-state index in [4.69, 9.17) is 23.2 Å². The van der Waals surface area contributed by atoms with Crippen LogP contribution >= 0.6 is 23.2 Å². The maximum atomic E-state index is 6.14. The number of hydrogen-bond acceptors (Lipinski definition) is 4. The second kappa shape index (κ2) is 6.77. The molecule has 106 valence electrons. The molecular formula is C14H16Cl2N4. The zero-order chi connectivity index (χ0) is 14.5. The van der Waals surface area contributed by atoms with Gasteiger partial charge in [-0.25, -0.2) is 4.98 Å². The van der Waals surface area contributed by atoms with Crippen LogP contribution in [0.5, 0.6) is 0 Å². The first kappa shape index (κ1) is 14.9. The van der Waals surface area contributed by atoms with E-state index in [1.165, 1.54) is 0 Å². The van der Waals surface area contributed by atoms with Gasteiger partial charge in [0.15, 0.2) is 0 Å². The van der Waals surface area contributed by atoms with Gasteiger partial charge in [-0.15, -0.1) is 0 Å². The summed E-state index contributed by atoms with van der Waals surface area (Å²) in [4.78, 5) is 10.8. The molecule has 2 rings (SSSR count). The maximum Gasteiger partial charge on any atom is 0.229 e. The van der Waals surface area contributed by atoms with Crippen LogP contribution in [0.3, 0.4) is 0 Å². The number of rotatable bonds is 5. The van der Waals surface area contributed by atoms with Crippen molar-refractivity contribution in [1.82, 2.24) is 9.97 Å². The zero-order valence-electron chi connectivity index (χ0n) is 11.4. The quantitative estimate of drug-likeness (QED) is 0.890. The molecule has 0 atom stereocenters. The monoisotopic (exact) mass is 310 g/mol. The molecule has 0 saturated heterocycles. The van der Waals surface area contributed by atoms with Crippen LogP contribution in [0.25, 0.3) is 0 Å². The predicted molar refractivity (Wildman–Crippen MR) is 85.3 cm³/mol. The predicted octanol–water partition coefficient (Wildman–Crippen LogP) is 4.37. The van der Waals surface area contributed by atoms with E-state index in [0.717, 1.165) is 18.9 Å². The SMILES string of the molecule is CCN(CC)c1ccnc(Nc2cccc(Cl)c2Cl)n1. The van der Waals surface area contributed by atoms with Crippen LogP contribution in [0.1, 0.15) is 13.8 Å². The Kier molecular flexibility index (Phi) is 5.04. The van der Waals surface area contributed by atoms with Gasteiger partial charge in [-0.05, 0) is 32.0 Å². The normalized spacial score (nSPS) is 10.4. The van der Waals surface area contributed by atoms with Gasteiger partial charge in [0.2, 0.25) is 5.95 Å². The molecule has 20 heavy (non-hydrogen) atoms. The highest BCUT2D eigenvalue weighted by molar-refractivity contribution is 6.43. The molecule has 1 N–H and O–H groups in total. The van der Waals surface area contributed by atoms with Crippen LogP contribution in [-0.4, -0.2) is 23.1 Å². The smallest absolute Gasteiger partial charge is 0.229 e. The minimum Gasteiger partial charge on any atom is -0.357 e. The van der Waals surface area contributed by atoms with E-state index in [0.29, 0.717) is 21.7 Å². The Balaban J connectivity index is 2.26. The highest BCUT2D eigenvalue weighted by Gasteiger charge is 2.08. The number of aromatic nitrogens is 2. The van der Waals surface area contributed by atoms with E-state index in [1.807, 2.05) is 18.2 Å². The van der Waals surface area contributed by atoms with Gasteiger partial charge in [0.1, 0.15) is 5.82 Å². The molecule has 2 aromatic rings. The van der Waals surface area contributed by atoms with Crippen LogP contribution in [0.4, 0.5) is 17.5 Å². The summed E-state index contributed by atoms with van der Waals surface area (Å²) in [6.07, 6.45) is 1.72. The van der Waals surface area contributed by atoms with Crippen molar-refractivity contribution < 1.29 is 0 Å². The molecule has 0 bridgehead atoms. The number of benzene rings is 1. The topological polar surface area (TPSA) is 41.1 Å². The molecule has 0 unspecified atom stereocenters. The van der Waals surface area contributed by atoms with Gasteiger partial charge in [-0.2, -0.15) is 4.98 Å². The fourth-order valence-corrected chi connectivity index (χ4v) is 2.20. The van der Waals surface area contributed by atoms with Gasteiger partial charge in [0.05, 0.1) is 15.7 Å². The van der Waals surface area contributed by atoms with Crippen molar-refractivity contribution in [2.24, 2.45) is 0 Å². The highest BCUT2D eigenvalue weighted by Crippen LogP contribution is 2.31. The molecule has 0 amide bonds. The molecule has 0 aliphatic carbocycles. The molecule has 0 aliphatic heterocycles. The standard InChI is InChI=1S/C14H16Cl2N4/c1-3-20(4-2)12-8-9-17-14(19-12)18-11-7-5-6-10(15)13(11)16/h5-9H,3-4H2,1-2H3,(H,17,18,19). The van der Waals surface area contributed by atoms with Crippen molar-refractivity contribution in [3.63, 3.8) is 0 Å². The van der Waals surface area contributed by atoms with E-state index < -0.39 is 0 Å². The minimum absolute atomic E-state index is 0.464. The van der Waals surface area contributed by atoms with Crippen LogP contribution < -0.4 is 10.2 Å². The largest absolute Gasteiger partial charge is 0.357 e. The number of hydrogen-bond donors (Lipinski definition) is 1. The lowest BCUT2D eigenvalue weighted by Gasteiger charge is -2.20. The van der Waals surface area contributed by atoms with E-state index >= 15 is 0 Å². The molecule has 1 aromatic carbocycles. The lowest BCUT2D eigenvalue weighted by Crippen LogP contribution is -2.23. The Bertz CT molecular complexity index is 585. The second-order valence-electron chi connectivity index (χ2n) is 4.14. The first-order valence-electron chi connectivity index (χ1n) is 6.44. The Labute approximate surface area is 128 Å². The van der Waals surface area contributed by atoms with Crippen molar-refractivity contribution in [1.29, 1.82) is 0 Å². The molecule has 1 aromatic heterocycles. The Morgan fingerprint density at radius 2 is 1.90 bits per heavy atom. The van der Waals surface area contributed by atoms with Crippen molar-refractivity contribution in [2.45, 2.75) is 13.8 Å². The van der Waals surface area contributed by atoms with Crippen LogP contribution in [0.15, 0.2) is 30.5 Å². The van der Waals surface area contributed by atoms with Crippen molar-refractivity contribution in [3.05, 3.63) is 40.5 Å². The van der Waals surface area contributed by atoms with Crippen molar-refractivity contribution in [3.8, 4) is 0 Å². The molecule has 0 fully saturated rings. The summed E-state index contributed by atoms with van der Waals surface area (Å²) in [5, 5.41) is 4.05. The van der Waals surface area contributed by atoms with Crippen LogP contribution in [-0.2, 0) is 0 Å². The summed E-state index contributed by atoms with van der Waals surface area (Å²) in [5.74, 6) is 1.38. The molecule has 0 saturated carbocycles. The summed E-state index contributed by atoms with van der Waals surface area (Å²) >= 11 is 12.1. The summed E-state index contributed by atoms with van der Waals surface area (Å²) in [6, 6.07) is 7.28. The molecular weight excluding hydrogens is 295 g/mol. The molecule has 1 heterocycles. The lowest BCUT2D eigenvalue weighted by atomic mass is 10.3. The number of nitrogens with one attached hydrogen (secondary N) is 1. The Morgan fingerprint density at radius 1 is 1.15 bits per heavy atom. The Hall–Kier alpha value is -1.52. The fraction of sp³-hybridized carbons (Fsp3) is 0.286. The molecule has 6 heteroatoms. The van der Waals surface area contributed by atoms with E-state index in [-0.39, 0.29) is 0 Å². The Morgan fingerprint density at radius 3 is 2.60 bits per heavy atom. The van der Waals surface area contributed by atoms with Crippen LogP contribution in [0, 0.1) is 0 Å². The van der Waals surface area contributed by atoms with Gasteiger partial charge < -0.3 is 10.2 Å². The minimum atomic E-state index is 0.464. The van der Waals surface area contributed by atoms with Gasteiger partial charge in [0.25, 0.3) is 0 Å². The van der Waals surface area contributed by atoms with Gasteiger partial charge in [0, 0.05) is 19.3 Å². The third-order valence-corrected chi connectivity index (χ3v) is 3.75. The summed E-state index contributed by atoms with van der Waals surface area (Å²) in [5.41, 5.74) is 0.691. The van der Waals surface area contributed by atoms with Gasteiger partial charge >= 0.3 is 0 Å². The molecule has 4 nitrogen and oxygen atoms in total. The van der Waals surface area contributed by atoms with E-state index in [2.05, 4.69) is 34.0 Å². The van der Waals surface area contributed by atoms with E-state index in [1.54, 1.807) is 12.3 Å². The van der Waals surface area contributed by atoms with Gasteiger partial charge in [-0.1, -0.05) is 29.3 Å². The van der Waals surface area contributed by atoms with Crippen molar-refractivity contribution in [2.75, 3.05) is 23.3 Å². The molecule has 0 radical (unpaired) electrons. The average molecular weight is 311 g/mol. The third kappa shape index (κ3) is 3.32. The summed E-state index contributed by atoms with van der Waals surface area (Å²) in [6.45, 7) is 5.97. The first-order chi connectivity index (χ1) is 9.65. The molecule has 0 spiro atoms. The van der Waals surface area contributed by atoms with E-state index in [9.17, 15) is 0 Å². The summed E-state index contributed by atoms with van der Waals surface area (Å²) < 4.78 is 0. The lowest BCUT2D eigenvalue weighted by molar-refractivity contribution is 0.843. The number of anilines is 3. The maximum absolute atomic E-state index is 6.14. The first-order valence-corrected chi connectivity index (χ1v) is 7.20. The highest BCUT2D eigenvalue weighted by atomic mass is 35.5. The number of halogens is 2. The molecule has 0 aliphatic rings. The van der Waals surface area contributed by atoms with Crippen LogP contribution in [0.2, 0.25) is 10.0 Å². The number of nitrogens with zero attached hydrogens (tertiary/aromatic N) is 3. The summed E-state index contributed by atoms with van der Waals surface area (Å²) in [7, 11) is 0. The zero-order valence-corrected chi connectivity index (χ0v) is 12.9. The average Bonchev–Trinajstić information content (AvgIpc) is 2.46. The fourth-order valence-electron chi connectivity index (χ4n) is 1.85. The third-order valence-electron chi connectivity index (χ3n) is 2.93.